The van der Waals surface area contributed by atoms with Gasteiger partial charge in [0.25, 0.3) is 5.91 Å². The second-order valence-electron chi connectivity index (χ2n) is 6.22. The van der Waals surface area contributed by atoms with Crippen LogP contribution in [0, 0.1) is 18.3 Å². The molecule has 1 aromatic rings. The summed E-state index contributed by atoms with van der Waals surface area (Å²) in [5.41, 5.74) is 0.167. The minimum atomic E-state index is -3.72. The zero-order valence-corrected chi connectivity index (χ0v) is 15.4. The number of carbonyl (C=O) groups excluding carboxylic acids is 2. The Bertz CT molecular complexity index is 796. The molecule has 0 radical (unpaired) electrons. The molecule has 0 saturated carbocycles. The van der Waals surface area contributed by atoms with Crippen LogP contribution in [0.15, 0.2) is 29.2 Å². The first-order valence-corrected chi connectivity index (χ1v) is 9.80. The summed E-state index contributed by atoms with van der Waals surface area (Å²) in [5.74, 6) is 1.73. The van der Waals surface area contributed by atoms with Gasteiger partial charge in [-0.25, -0.2) is 13.2 Å². The topological polar surface area (TPSA) is 92.8 Å². The normalized spacial score (nSPS) is 17.4. The number of rotatable bonds is 6. The Balaban J connectivity index is 1.91. The smallest absolute Gasteiger partial charge is 0.338 e. The van der Waals surface area contributed by atoms with Crippen molar-refractivity contribution in [2.45, 2.75) is 24.7 Å². The molecule has 0 bridgehead atoms. The fraction of sp³-hybridized carbons (Fsp3) is 0.444. The standard InChI is InChI=1S/C18H22N2O5S/c1-3-10-19-26(23,24)16-8-6-15(7-9-16)18(22)25-13-17(21)20-11-4-5-14(2)12-20/h1,6-9,14,19H,4-5,10-13H2,2H3. The number of benzene rings is 1. The highest BCUT2D eigenvalue weighted by molar-refractivity contribution is 7.89. The lowest BCUT2D eigenvalue weighted by Crippen LogP contribution is -2.41. The summed E-state index contributed by atoms with van der Waals surface area (Å²) in [6.45, 7) is 2.99. The van der Waals surface area contributed by atoms with Crippen LogP contribution in [0.2, 0.25) is 0 Å². The zero-order valence-electron chi connectivity index (χ0n) is 14.6. The highest BCUT2D eigenvalue weighted by Gasteiger charge is 2.22. The number of sulfonamides is 1. The summed E-state index contributed by atoms with van der Waals surface area (Å²) in [7, 11) is -3.72. The molecule has 1 saturated heterocycles. The van der Waals surface area contributed by atoms with E-state index in [-0.39, 0.29) is 29.5 Å². The number of nitrogens with one attached hydrogen (secondary N) is 1. The molecule has 0 aliphatic carbocycles. The van der Waals surface area contributed by atoms with Crippen molar-refractivity contribution < 1.29 is 22.7 Å². The number of piperidine rings is 1. The molecule has 1 aliphatic rings. The van der Waals surface area contributed by atoms with Gasteiger partial charge < -0.3 is 9.64 Å². The van der Waals surface area contributed by atoms with Crippen LogP contribution in [-0.2, 0) is 19.6 Å². The van der Waals surface area contributed by atoms with Crippen LogP contribution in [-0.4, -0.2) is 51.4 Å². The molecule has 140 valence electrons. The van der Waals surface area contributed by atoms with Gasteiger partial charge in [0.1, 0.15) is 0 Å². The maximum atomic E-state index is 12.1. The van der Waals surface area contributed by atoms with Crippen molar-refractivity contribution >= 4 is 21.9 Å². The van der Waals surface area contributed by atoms with E-state index in [4.69, 9.17) is 11.2 Å². The number of esters is 1. The Hall–Kier alpha value is -2.37. The second kappa shape index (κ2) is 8.83. The molecule has 26 heavy (non-hydrogen) atoms. The quantitative estimate of drug-likeness (QED) is 0.589. The maximum absolute atomic E-state index is 12.1. The van der Waals surface area contributed by atoms with Crippen molar-refractivity contribution in [2.75, 3.05) is 26.2 Å². The number of terminal acetylenes is 1. The average Bonchev–Trinajstić information content (AvgIpc) is 2.64. The van der Waals surface area contributed by atoms with Crippen LogP contribution in [0.25, 0.3) is 0 Å². The lowest BCUT2D eigenvalue weighted by molar-refractivity contribution is -0.136. The first kappa shape index (κ1) is 19.9. The highest BCUT2D eigenvalue weighted by Crippen LogP contribution is 2.16. The van der Waals surface area contributed by atoms with Crippen LogP contribution >= 0.6 is 0 Å². The van der Waals surface area contributed by atoms with Gasteiger partial charge in [-0.05, 0) is 43.0 Å². The number of hydrogen-bond acceptors (Lipinski definition) is 5. The van der Waals surface area contributed by atoms with Gasteiger partial charge in [0, 0.05) is 13.1 Å². The number of ether oxygens (including phenoxy) is 1. The van der Waals surface area contributed by atoms with E-state index < -0.39 is 16.0 Å². The molecular weight excluding hydrogens is 356 g/mol. The number of likely N-dealkylation sites (tertiary alicyclic amines) is 1. The third-order valence-electron chi connectivity index (χ3n) is 4.10. The predicted molar refractivity (Wildman–Crippen MR) is 95.7 cm³/mol. The Morgan fingerprint density at radius 2 is 2.04 bits per heavy atom. The van der Waals surface area contributed by atoms with Crippen LogP contribution in [0.4, 0.5) is 0 Å². The minimum Gasteiger partial charge on any atom is -0.452 e. The molecule has 1 fully saturated rings. The molecule has 0 spiro atoms. The molecule has 8 heteroatoms. The Labute approximate surface area is 153 Å². The Kier molecular flexibility index (Phi) is 6.77. The highest BCUT2D eigenvalue weighted by atomic mass is 32.2. The summed E-state index contributed by atoms with van der Waals surface area (Å²) in [6.07, 6.45) is 7.07. The van der Waals surface area contributed by atoms with E-state index in [9.17, 15) is 18.0 Å². The SMILES string of the molecule is C#CCNS(=O)(=O)c1ccc(C(=O)OCC(=O)N2CCCC(C)C2)cc1. The monoisotopic (exact) mass is 378 g/mol. The molecule has 1 aliphatic heterocycles. The summed E-state index contributed by atoms with van der Waals surface area (Å²) in [4.78, 5) is 25.8. The van der Waals surface area contributed by atoms with Gasteiger partial charge in [-0.1, -0.05) is 12.8 Å². The fourth-order valence-corrected chi connectivity index (χ4v) is 3.64. The zero-order chi connectivity index (χ0) is 19.2. The van der Waals surface area contributed by atoms with E-state index >= 15 is 0 Å². The number of carbonyl (C=O) groups is 2. The van der Waals surface area contributed by atoms with Crippen molar-refractivity contribution in [3.05, 3.63) is 29.8 Å². The number of nitrogens with zero attached hydrogens (tertiary/aromatic N) is 1. The number of amides is 1. The fourth-order valence-electron chi connectivity index (χ4n) is 2.71. The van der Waals surface area contributed by atoms with Gasteiger partial charge >= 0.3 is 5.97 Å². The minimum absolute atomic E-state index is 0.0114. The summed E-state index contributed by atoms with van der Waals surface area (Å²) in [5, 5.41) is 0. The van der Waals surface area contributed by atoms with Crippen LogP contribution < -0.4 is 4.72 Å². The third kappa shape index (κ3) is 5.31. The molecule has 1 unspecified atom stereocenters. The van der Waals surface area contributed by atoms with E-state index in [1.165, 1.54) is 24.3 Å². The largest absolute Gasteiger partial charge is 0.452 e. The van der Waals surface area contributed by atoms with Crippen LogP contribution in [0.1, 0.15) is 30.1 Å². The Morgan fingerprint density at radius 1 is 1.35 bits per heavy atom. The molecule has 1 N–H and O–H groups in total. The van der Waals surface area contributed by atoms with Gasteiger partial charge in [0.15, 0.2) is 6.61 Å². The molecule has 2 rings (SSSR count). The average molecular weight is 378 g/mol. The Morgan fingerprint density at radius 3 is 2.65 bits per heavy atom. The van der Waals surface area contributed by atoms with E-state index in [0.29, 0.717) is 19.0 Å². The second-order valence-corrected chi connectivity index (χ2v) is 7.98. The van der Waals surface area contributed by atoms with Gasteiger partial charge in [-0.15, -0.1) is 6.42 Å². The maximum Gasteiger partial charge on any atom is 0.338 e. The molecule has 1 heterocycles. The molecule has 1 amide bonds. The van der Waals surface area contributed by atoms with Crippen molar-refractivity contribution in [1.29, 1.82) is 0 Å². The van der Waals surface area contributed by atoms with E-state index in [0.717, 1.165) is 12.8 Å². The van der Waals surface area contributed by atoms with Crippen molar-refractivity contribution in [3.63, 3.8) is 0 Å². The van der Waals surface area contributed by atoms with E-state index in [2.05, 4.69) is 17.6 Å². The molecule has 0 aromatic heterocycles. The van der Waals surface area contributed by atoms with Crippen molar-refractivity contribution in [2.24, 2.45) is 5.92 Å². The van der Waals surface area contributed by atoms with E-state index in [1.807, 2.05) is 0 Å². The lowest BCUT2D eigenvalue weighted by atomic mass is 10.0. The molecular formula is C18H22N2O5S. The van der Waals surface area contributed by atoms with Crippen LogP contribution in [0.3, 0.4) is 0 Å². The van der Waals surface area contributed by atoms with Gasteiger partial charge in [-0.2, -0.15) is 4.72 Å². The van der Waals surface area contributed by atoms with Crippen LogP contribution in [0.5, 0.6) is 0 Å². The van der Waals surface area contributed by atoms with Gasteiger partial charge in [0.2, 0.25) is 10.0 Å². The summed E-state index contributed by atoms with van der Waals surface area (Å²) in [6, 6.07) is 5.23. The molecule has 1 atom stereocenters. The summed E-state index contributed by atoms with van der Waals surface area (Å²) < 4.78 is 31.1. The van der Waals surface area contributed by atoms with Crippen molar-refractivity contribution in [3.8, 4) is 12.3 Å². The molecule has 1 aromatic carbocycles. The third-order valence-corrected chi connectivity index (χ3v) is 5.52. The van der Waals surface area contributed by atoms with Gasteiger partial charge in [-0.3, -0.25) is 4.79 Å². The summed E-state index contributed by atoms with van der Waals surface area (Å²) >= 11 is 0. The number of hydrogen-bond donors (Lipinski definition) is 1. The van der Waals surface area contributed by atoms with E-state index in [1.54, 1.807) is 4.90 Å². The lowest BCUT2D eigenvalue weighted by Gasteiger charge is -2.30. The predicted octanol–water partition coefficient (Wildman–Crippen LogP) is 1.01. The first-order chi connectivity index (χ1) is 12.3. The first-order valence-electron chi connectivity index (χ1n) is 8.31. The van der Waals surface area contributed by atoms with Gasteiger partial charge in [0.05, 0.1) is 17.0 Å². The molecule has 7 nitrogen and oxygen atoms in total. The van der Waals surface area contributed by atoms with Crippen molar-refractivity contribution in [1.82, 2.24) is 9.62 Å².